The maximum Gasteiger partial charge on any atom is 0.307 e. The molecule has 0 bridgehead atoms. The van der Waals surface area contributed by atoms with Gasteiger partial charge in [-0.1, -0.05) is 104 Å². The van der Waals surface area contributed by atoms with Crippen LogP contribution in [0.3, 0.4) is 0 Å². The summed E-state index contributed by atoms with van der Waals surface area (Å²) in [6.07, 6.45) is 20.3. The maximum absolute atomic E-state index is 11.6. The number of unbranched alkanes of at least 4 members (excludes halogenated alkanes) is 14. The van der Waals surface area contributed by atoms with Gasteiger partial charge in [-0.05, 0) is 12.8 Å². The largest absolute Gasteiger partial charge is 0.444 e. The molecule has 0 rings (SSSR count). The van der Waals surface area contributed by atoms with Crippen molar-refractivity contribution in [3.05, 3.63) is 6.10 Å². The number of hydrogen-bond acceptors (Lipinski definition) is 3. The van der Waals surface area contributed by atoms with Crippen LogP contribution in [0.2, 0.25) is 0 Å². The summed E-state index contributed by atoms with van der Waals surface area (Å²) in [6.45, 7) is 4.02. The van der Waals surface area contributed by atoms with Gasteiger partial charge in [-0.3, -0.25) is 9.59 Å². The molecular weight excluding hydrogens is 326 g/mol. The minimum absolute atomic E-state index is 0.0657. The molecule has 4 nitrogen and oxygen atoms in total. The van der Waals surface area contributed by atoms with Gasteiger partial charge < -0.3 is 10.5 Å². The Balaban J connectivity index is 3.26. The minimum atomic E-state index is -0.641. The van der Waals surface area contributed by atoms with E-state index in [1.54, 1.807) is 6.92 Å². The average Bonchev–Trinajstić information content (AvgIpc) is 2.62. The first-order valence-electron chi connectivity index (χ1n) is 11.0. The highest BCUT2D eigenvalue weighted by Gasteiger charge is 2.19. The van der Waals surface area contributed by atoms with Crippen molar-refractivity contribution in [1.29, 1.82) is 0 Å². The van der Waals surface area contributed by atoms with Crippen molar-refractivity contribution in [2.24, 2.45) is 5.73 Å². The molecule has 1 amide bonds. The fraction of sp³-hybridized carbons (Fsp3) is 0.864. The Kier molecular flexibility index (Phi) is 18.0. The lowest BCUT2D eigenvalue weighted by molar-refractivity contribution is -0.147. The summed E-state index contributed by atoms with van der Waals surface area (Å²) in [5.74, 6) is -0.979. The number of esters is 1. The van der Waals surface area contributed by atoms with E-state index in [-0.39, 0.29) is 12.1 Å². The van der Waals surface area contributed by atoms with Gasteiger partial charge in [0.15, 0.2) is 0 Å². The summed E-state index contributed by atoms with van der Waals surface area (Å²) in [6, 6.07) is 0. The highest BCUT2D eigenvalue weighted by molar-refractivity contribution is 5.89. The van der Waals surface area contributed by atoms with Crippen molar-refractivity contribution in [1.82, 2.24) is 0 Å². The second-order valence-corrected chi connectivity index (χ2v) is 7.31. The van der Waals surface area contributed by atoms with Gasteiger partial charge >= 0.3 is 5.97 Å². The van der Waals surface area contributed by atoms with Crippen molar-refractivity contribution in [3.63, 3.8) is 0 Å². The fourth-order valence-corrected chi connectivity index (χ4v) is 3.13. The molecule has 4 heteroatoms. The zero-order valence-corrected chi connectivity index (χ0v) is 17.3. The minimum Gasteiger partial charge on any atom is -0.444 e. The van der Waals surface area contributed by atoms with Crippen LogP contribution in [0.15, 0.2) is 0 Å². The van der Waals surface area contributed by atoms with Crippen LogP contribution in [0.5, 0.6) is 0 Å². The van der Waals surface area contributed by atoms with Crippen molar-refractivity contribution in [2.75, 3.05) is 0 Å². The third-order valence-corrected chi connectivity index (χ3v) is 4.82. The second kappa shape index (κ2) is 18.7. The van der Waals surface area contributed by atoms with E-state index in [2.05, 4.69) is 6.92 Å². The van der Waals surface area contributed by atoms with E-state index in [0.717, 1.165) is 12.8 Å². The van der Waals surface area contributed by atoms with Gasteiger partial charge in [-0.15, -0.1) is 0 Å². The first-order chi connectivity index (χ1) is 12.6. The Bertz CT molecular complexity index is 344. The van der Waals surface area contributed by atoms with Crippen molar-refractivity contribution >= 4 is 11.9 Å². The first kappa shape index (κ1) is 24.9. The molecule has 153 valence electrons. The molecule has 0 aromatic carbocycles. The molecule has 0 aromatic heterocycles. The molecule has 2 N–H and O–H groups in total. The third-order valence-electron chi connectivity index (χ3n) is 4.82. The average molecular weight is 369 g/mol. The van der Waals surface area contributed by atoms with E-state index >= 15 is 0 Å². The molecule has 0 saturated heterocycles. The Morgan fingerprint density at radius 1 is 0.654 bits per heavy atom. The Morgan fingerprint density at radius 2 is 1.04 bits per heavy atom. The van der Waals surface area contributed by atoms with Gasteiger partial charge in [0.2, 0.25) is 6.10 Å². The van der Waals surface area contributed by atoms with Crippen molar-refractivity contribution < 1.29 is 14.3 Å². The molecule has 0 unspecified atom stereocenters. The monoisotopic (exact) mass is 368 g/mol. The molecule has 0 aliphatic rings. The van der Waals surface area contributed by atoms with Crippen LogP contribution in [0, 0.1) is 6.10 Å². The molecule has 26 heavy (non-hydrogen) atoms. The zero-order chi connectivity index (χ0) is 19.5. The Hall–Kier alpha value is -1.06. The summed E-state index contributed by atoms with van der Waals surface area (Å²) in [5.41, 5.74) is 5.13. The van der Waals surface area contributed by atoms with Crippen LogP contribution in [0.4, 0.5) is 0 Å². The molecule has 0 heterocycles. The van der Waals surface area contributed by atoms with E-state index < -0.39 is 5.91 Å². The smallest absolute Gasteiger partial charge is 0.307 e. The van der Waals surface area contributed by atoms with E-state index in [1.807, 2.05) is 0 Å². The maximum atomic E-state index is 11.6. The lowest BCUT2D eigenvalue weighted by Crippen LogP contribution is -2.25. The van der Waals surface area contributed by atoms with Gasteiger partial charge in [-0.2, -0.15) is 0 Å². The summed E-state index contributed by atoms with van der Waals surface area (Å²) < 4.78 is 4.98. The second-order valence-electron chi connectivity index (χ2n) is 7.31. The van der Waals surface area contributed by atoms with Crippen LogP contribution in [-0.4, -0.2) is 11.9 Å². The molecule has 0 aromatic rings. The van der Waals surface area contributed by atoms with Gasteiger partial charge in [0.25, 0.3) is 5.91 Å². The summed E-state index contributed by atoms with van der Waals surface area (Å²) in [5, 5.41) is 0. The van der Waals surface area contributed by atoms with Gasteiger partial charge in [-0.25, -0.2) is 0 Å². The standard InChI is InChI=1S/C22H42NO3/c1-3-5-6-7-8-9-10-11-12-13-14-15-16-17-18-19-21(24)26-20(4-2)22(23)25/h3-19H2,1-2H3,(H2,23,25). The third kappa shape index (κ3) is 16.4. The molecule has 0 spiro atoms. The number of hydrogen-bond donors (Lipinski definition) is 1. The SMILES string of the molecule is CCCCCCCCCCCCCCCCCC(=O)O[C](CC)C(N)=O. The number of rotatable bonds is 19. The van der Waals surface area contributed by atoms with Crippen LogP contribution in [-0.2, 0) is 14.3 Å². The van der Waals surface area contributed by atoms with Gasteiger partial charge in [0.1, 0.15) is 0 Å². The highest BCUT2D eigenvalue weighted by atomic mass is 16.5. The number of ether oxygens (including phenoxy) is 1. The van der Waals surface area contributed by atoms with E-state index in [4.69, 9.17) is 10.5 Å². The topological polar surface area (TPSA) is 69.4 Å². The Labute approximate surface area is 161 Å². The fourth-order valence-electron chi connectivity index (χ4n) is 3.13. The number of primary amides is 1. The molecular formula is C22H42NO3. The molecule has 0 fully saturated rings. The van der Waals surface area contributed by atoms with Gasteiger partial charge in [0.05, 0.1) is 0 Å². The predicted molar refractivity (Wildman–Crippen MR) is 108 cm³/mol. The summed E-state index contributed by atoms with van der Waals surface area (Å²) in [4.78, 5) is 22.6. The van der Waals surface area contributed by atoms with Crippen LogP contribution >= 0.6 is 0 Å². The number of amides is 1. The van der Waals surface area contributed by atoms with Crippen LogP contribution in [0.25, 0.3) is 0 Å². The van der Waals surface area contributed by atoms with E-state index in [0.29, 0.717) is 12.8 Å². The van der Waals surface area contributed by atoms with Gasteiger partial charge in [0, 0.05) is 6.42 Å². The van der Waals surface area contributed by atoms with Crippen LogP contribution < -0.4 is 5.73 Å². The van der Waals surface area contributed by atoms with E-state index in [9.17, 15) is 9.59 Å². The summed E-state index contributed by atoms with van der Waals surface area (Å²) in [7, 11) is 0. The molecule has 0 aliphatic heterocycles. The number of carbonyl (C=O) groups excluding carboxylic acids is 2. The van der Waals surface area contributed by atoms with Crippen molar-refractivity contribution in [2.45, 2.75) is 123 Å². The number of nitrogens with two attached hydrogens (primary N) is 1. The molecule has 0 aliphatic carbocycles. The number of carbonyl (C=O) groups is 2. The predicted octanol–water partition coefficient (Wildman–Crippen LogP) is 6.22. The highest BCUT2D eigenvalue weighted by Crippen LogP contribution is 2.14. The molecule has 1 radical (unpaired) electrons. The summed E-state index contributed by atoms with van der Waals surface area (Å²) >= 11 is 0. The molecule has 0 saturated carbocycles. The lowest BCUT2D eigenvalue weighted by atomic mass is 10.0. The first-order valence-corrected chi connectivity index (χ1v) is 11.0. The van der Waals surface area contributed by atoms with Crippen LogP contribution in [0.1, 0.15) is 123 Å². The normalized spacial score (nSPS) is 11.0. The zero-order valence-electron chi connectivity index (χ0n) is 17.3. The molecule has 0 atom stereocenters. The lowest BCUT2D eigenvalue weighted by Gasteiger charge is -2.10. The van der Waals surface area contributed by atoms with E-state index in [1.165, 1.54) is 83.5 Å². The Morgan fingerprint density at radius 3 is 1.38 bits per heavy atom. The quantitative estimate of drug-likeness (QED) is 0.217. The van der Waals surface area contributed by atoms with Crippen molar-refractivity contribution in [3.8, 4) is 0 Å².